The number of esters is 1. The zero-order valence-electron chi connectivity index (χ0n) is 14.6. The maximum atomic E-state index is 12.3. The molecule has 2 aliphatic heterocycles. The third-order valence-corrected chi connectivity index (χ3v) is 6.75. The molecule has 0 radical (unpaired) electrons. The van der Waals surface area contributed by atoms with E-state index in [1.54, 1.807) is 19.1 Å². The molecule has 3 rings (SSSR count). The molecule has 1 aromatic rings. The highest BCUT2D eigenvalue weighted by Crippen LogP contribution is 2.38. The average Bonchev–Trinajstić information content (AvgIpc) is 2.66. The number of piperidine rings is 1. The Morgan fingerprint density at radius 1 is 1.27 bits per heavy atom. The summed E-state index contributed by atoms with van der Waals surface area (Å²) in [6.07, 6.45) is 0.944. The van der Waals surface area contributed by atoms with E-state index in [0.29, 0.717) is 55.7 Å². The maximum Gasteiger partial charge on any atom is 0.309 e. The van der Waals surface area contributed by atoms with E-state index in [9.17, 15) is 13.2 Å². The summed E-state index contributed by atoms with van der Waals surface area (Å²) in [6.45, 7) is 3.31. The van der Waals surface area contributed by atoms with Crippen LogP contribution >= 0.6 is 11.6 Å². The highest BCUT2D eigenvalue weighted by molar-refractivity contribution is 7.89. The van der Waals surface area contributed by atoms with Crippen molar-refractivity contribution in [2.24, 2.45) is 5.92 Å². The minimum atomic E-state index is -3.20. The summed E-state index contributed by atoms with van der Waals surface area (Å²) in [6, 6.07) is 3.45. The van der Waals surface area contributed by atoms with Gasteiger partial charge in [0, 0.05) is 13.1 Å². The normalized spacial score (nSPS) is 18.5. The van der Waals surface area contributed by atoms with Crippen LogP contribution < -0.4 is 9.47 Å². The minimum Gasteiger partial charge on any atom is -0.486 e. The molecule has 0 unspecified atom stereocenters. The molecule has 0 aliphatic carbocycles. The second-order valence-electron chi connectivity index (χ2n) is 6.28. The van der Waals surface area contributed by atoms with Crippen LogP contribution in [0.25, 0.3) is 0 Å². The zero-order chi connectivity index (χ0) is 18.7. The van der Waals surface area contributed by atoms with Crippen LogP contribution in [0.4, 0.5) is 0 Å². The van der Waals surface area contributed by atoms with Crippen LogP contribution in [-0.2, 0) is 26.2 Å². The van der Waals surface area contributed by atoms with Gasteiger partial charge in [-0.25, -0.2) is 12.7 Å². The molecule has 1 fully saturated rings. The highest BCUT2D eigenvalue weighted by Gasteiger charge is 2.31. The van der Waals surface area contributed by atoms with E-state index in [2.05, 4.69) is 0 Å². The lowest BCUT2D eigenvalue weighted by Crippen LogP contribution is -2.41. The summed E-state index contributed by atoms with van der Waals surface area (Å²) < 4.78 is 41.5. The van der Waals surface area contributed by atoms with Gasteiger partial charge in [0.05, 0.1) is 16.7 Å². The van der Waals surface area contributed by atoms with Crippen molar-refractivity contribution in [1.29, 1.82) is 0 Å². The molecule has 2 aliphatic rings. The molecule has 0 saturated carbocycles. The summed E-state index contributed by atoms with van der Waals surface area (Å²) in [5.74, 6) is 0.536. The van der Waals surface area contributed by atoms with Gasteiger partial charge in [0.15, 0.2) is 11.5 Å². The predicted molar refractivity (Wildman–Crippen MR) is 96.0 cm³/mol. The van der Waals surface area contributed by atoms with Crippen molar-refractivity contribution < 1.29 is 27.4 Å². The number of sulfonamides is 1. The van der Waals surface area contributed by atoms with Crippen molar-refractivity contribution in [3.63, 3.8) is 0 Å². The van der Waals surface area contributed by atoms with E-state index < -0.39 is 10.0 Å². The number of benzene rings is 1. The van der Waals surface area contributed by atoms with E-state index in [0.717, 1.165) is 5.56 Å². The van der Waals surface area contributed by atoms with Gasteiger partial charge in [-0.2, -0.15) is 0 Å². The molecule has 0 aromatic heterocycles. The fourth-order valence-corrected chi connectivity index (χ4v) is 4.49. The number of fused-ring (bicyclic) bond motifs is 1. The predicted octanol–water partition coefficient (Wildman–Crippen LogP) is 2.22. The molecule has 1 aromatic carbocycles. The molecule has 0 bridgehead atoms. The topological polar surface area (TPSA) is 82.1 Å². The van der Waals surface area contributed by atoms with Crippen LogP contribution in [-0.4, -0.2) is 50.7 Å². The summed E-state index contributed by atoms with van der Waals surface area (Å²) in [5.41, 5.74) is 0.721. The van der Waals surface area contributed by atoms with Gasteiger partial charge in [-0.15, -0.1) is 0 Å². The molecule has 26 heavy (non-hydrogen) atoms. The second-order valence-corrected chi connectivity index (χ2v) is 8.95. The van der Waals surface area contributed by atoms with Crippen molar-refractivity contribution in [3.05, 3.63) is 22.7 Å². The molecule has 2 heterocycles. The van der Waals surface area contributed by atoms with Gasteiger partial charge in [0.25, 0.3) is 0 Å². The van der Waals surface area contributed by atoms with Gasteiger partial charge in [-0.1, -0.05) is 11.6 Å². The molecule has 7 nitrogen and oxygen atoms in total. The number of halogens is 1. The zero-order valence-corrected chi connectivity index (χ0v) is 16.1. The highest BCUT2D eigenvalue weighted by atomic mass is 35.5. The third-order valence-electron chi connectivity index (χ3n) is 4.58. The number of ether oxygens (including phenoxy) is 3. The molecule has 144 valence electrons. The van der Waals surface area contributed by atoms with Gasteiger partial charge in [0.1, 0.15) is 19.8 Å². The fourth-order valence-electron chi connectivity index (χ4n) is 3.07. The lowest BCUT2D eigenvalue weighted by molar-refractivity contribution is -0.151. The lowest BCUT2D eigenvalue weighted by atomic mass is 9.98. The van der Waals surface area contributed by atoms with Crippen molar-refractivity contribution >= 4 is 27.6 Å². The quantitative estimate of drug-likeness (QED) is 0.701. The van der Waals surface area contributed by atoms with E-state index in [1.807, 2.05) is 0 Å². The van der Waals surface area contributed by atoms with Gasteiger partial charge >= 0.3 is 5.97 Å². The van der Waals surface area contributed by atoms with E-state index >= 15 is 0 Å². The van der Waals surface area contributed by atoms with Crippen molar-refractivity contribution in [2.75, 3.05) is 32.1 Å². The lowest BCUT2D eigenvalue weighted by Gasteiger charge is -2.29. The van der Waals surface area contributed by atoms with Crippen molar-refractivity contribution in [3.8, 4) is 11.5 Å². The minimum absolute atomic E-state index is 0.0764. The Hall–Kier alpha value is -1.51. The first-order valence-electron chi connectivity index (χ1n) is 8.63. The van der Waals surface area contributed by atoms with Gasteiger partial charge < -0.3 is 14.2 Å². The second kappa shape index (κ2) is 8.02. The standard InChI is InChI=1S/C17H22ClNO6S/c1-2-26(21,22)19-5-3-13(4-6-19)17(20)25-11-12-9-14(18)16-15(10-12)23-7-8-24-16/h9-10,13H,2-8,11H2,1H3. The molecule has 9 heteroatoms. The first kappa shape index (κ1) is 19.3. The van der Waals surface area contributed by atoms with E-state index in [-0.39, 0.29) is 24.2 Å². The van der Waals surface area contributed by atoms with Crippen molar-refractivity contribution in [2.45, 2.75) is 26.4 Å². The van der Waals surface area contributed by atoms with Crippen LogP contribution in [0.15, 0.2) is 12.1 Å². The summed E-state index contributed by atoms with van der Waals surface area (Å²) in [4.78, 5) is 12.3. The van der Waals surface area contributed by atoms with Gasteiger partial charge in [-0.05, 0) is 37.5 Å². The number of hydrogen-bond acceptors (Lipinski definition) is 6. The Kier molecular flexibility index (Phi) is 5.94. The summed E-state index contributed by atoms with van der Waals surface area (Å²) in [5, 5.41) is 0.423. The molecule has 0 spiro atoms. The fraction of sp³-hybridized carbons (Fsp3) is 0.588. The molecule has 0 N–H and O–H groups in total. The number of hydrogen-bond donors (Lipinski definition) is 0. The Labute approximate surface area is 158 Å². The Morgan fingerprint density at radius 2 is 1.96 bits per heavy atom. The summed E-state index contributed by atoms with van der Waals surface area (Å²) in [7, 11) is -3.20. The first-order chi connectivity index (χ1) is 12.4. The maximum absolute atomic E-state index is 12.3. The van der Waals surface area contributed by atoms with Gasteiger partial charge in [-0.3, -0.25) is 4.79 Å². The Bertz CT molecular complexity index is 774. The monoisotopic (exact) mass is 403 g/mol. The first-order valence-corrected chi connectivity index (χ1v) is 10.6. The van der Waals surface area contributed by atoms with Crippen LogP contribution in [0.3, 0.4) is 0 Å². The third kappa shape index (κ3) is 4.24. The van der Waals surface area contributed by atoms with Crippen LogP contribution in [0.2, 0.25) is 5.02 Å². The Morgan fingerprint density at radius 3 is 2.65 bits per heavy atom. The SMILES string of the molecule is CCS(=O)(=O)N1CCC(C(=O)OCc2cc(Cl)c3c(c2)OCCO3)CC1. The average molecular weight is 404 g/mol. The van der Waals surface area contributed by atoms with E-state index in [4.69, 9.17) is 25.8 Å². The van der Waals surface area contributed by atoms with Crippen LogP contribution in [0.5, 0.6) is 11.5 Å². The number of rotatable bonds is 5. The number of nitrogens with zero attached hydrogens (tertiary/aromatic N) is 1. The molecule has 1 saturated heterocycles. The summed E-state index contributed by atoms with van der Waals surface area (Å²) >= 11 is 6.18. The number of carbonyl (C=O) groups is 1. The largest absolute Gasteiger partial charge is 0.486 e. The van der Waals surface area contributed by atoms with Crippen LogP contribution in [0.1, 0.15) is 25.3 Å². The van der Waals surface area contributed by atoms with Gasteiger partial charge in [0.2, 0.25) is 10.0 Å². The smallest absolute Gasteiger partial charge is 0.309 e. The van der Waals surface area contributed by atoms with Crippen molar-refractivity contribution in [1.82, 2.24) is 4.31 Å². The molecular weight excluding hydrogens is 382 g/mol. The molecule has 0 amide bonds. The number of carbonyl (C=O) groups excluding carboxylic acids is 1. The molecular formula is C17H22ClNO6S. The van der Waals surface area contributed by atoms with E-state index in [1.165, 1.54) is 4.31 Å². The Balaban J connectivity index is 1.54. The van der Waals surface area contributed by atoms with Crippen LogP contribution in [0, 0.1) is 5.92 Å². The molecule has 0 atom stereocenters.